The van der Waals surface area contributed by atoms with Gasteiger partial charge in [-0.3, -0.25) is 4.99 Å². The number of piperazine rings is 1. The van der Waals surface area contributed by atoms with Crippen molar-refractivity contribution >= 4 is 36.0 Å². The summed E-state index contributed by atoms with van der Waals surface area (Å²) in [7, 11) is 0. The van der Waals surface area contributed by atoms with Crippen molar-refractivity contribution < 1.29 is 22.7 Å². The smallest absolute Gasteiger partial charge is 0.410 e. The predicted octanol–water partition coefficient (Wildman–Crippen LogP) is 2.42. The Kier molecular flexibility index (Phi) is 8.43. The molecule has 1 heterocycles. The Morgan fingerprint density at radius 1 is 1.13 bits per heavy atom. The van der Waals surface area contributed by atoms with Gasteiger partial charge in [-0.05, 0) is 20.8 Å². The lowest BCUT2D eigenvalue weighted by Gasteiger charge is -2.36. The molecule has 0 aromatic rings. The summed E-state index contributed by atoms with van der Waals surface area (Å²) in [6, 6.07) is 0. The minimum Gasteiger partial charge on any atom is -0.444 e. The van der Waals surface area contributed by atoms with Crippen molar-refractivity contribution in [3.05, 3.63) is 0 Å². The SMILES string of the molecule is CC(C)(C)OC(=O)N1CCN(C(N)=NCCC(F)(F)F)CC1.I. The number of halogens is 4. The molecule has 0 aromatic heterocycles. The number of nitrogens with zero attached hydrogens (tertiary/aromatic N) is 3. The normalized spacial score (nSPS) is 16.9. The Morgan fingerprint density at radius 3 is 2.04 bits per heavy atom. The molecule has 1 fully saturated rings. The molecule has 1 amide bonds. The van der Waals surface area contributed by atoms with Crippen molar-refractivity contribution in [2.75, 3.05) is 32.7 Å². The van der Waals surface area contributed by atoms with Gasteiger partial charge in [0.2, 0.25) is 0 Å². The van der Waals surface area contributed by atoms with E-state index in [1.807, 2.05) is 0 Å². The largest absolute Gasteiger partial charge is 0.444 e. The molecule has 0 aliphatic carbocycles. The van der Waals surface area contributed by atoms with E-state index in [-0.39, 0.29) is 36.5 Å². The van der Waals surface area contributed by atoms with Gasteiger partial charge in [0.15, 0.2) is 5.96 Å². The van der Waals surface area contributed by atoms with Gasteiger partial charge in [0.1, 0.15) is 5.60 Å². The number of nitrogens with two attached hydrogens (primary N) is 1. The quantitative estimate of drug-likeness (QED) is 0.397. The second-order valence-corrected chi connectivity index (χ2v) is 6.06. The Hall–Kier alpha value is -0.940. The molecule has 136 valence electrons. The first-order chi connectivity index (χ1) is 9.98. The number of amides is 1. The van der Waals surface area contributed by atoms with Crippen LogP contribution >= 0.6 is 24.0 Å². The number of carbonyl (C=O) groups excluding carboxylic acids is 1. The number of aliphatic imine (C=N–C) groups is 1. The topological polar surface area (TPSA) is 71.2 Å². The minimum atomic E-state index is -4.24. The molecule has 0 spiro atoms. The van der Waals surface area contributed by atoms with Crippen molar-refractivity contribution in [3.63, 3.8) is 0 Å². The van der Waals surface area contributed by atoms with E-state index < -0.39 is 24.3 Å². The Labute approximate surface area is 151 Å². The predicted molar refractivity (Wildman–Crippen MR) is 92.0 cm³/mol. The number of carbonyl (C=O) groups is 1. The van der Waals surface area contributed by atoms with Crippen molar-refractivity contribution in [1.82, 2.24) is 9.80 Å². The molecule has 0 saturated carbocycles. The lowest BCUT2D eigenvalue weighted by molar-refractivity contribution is -0.132. The molecular weight excluding hydrogens is 428 g/mol. The summed E-state index contributed by atoms with van der Waals surface area (Å²) in [6.45, 7) is 6.59. The Morgan fingerprint density at radius 2 is 1.61 bits per heavy atom. The lowest BCUT2D eigenvalue weighted by Crippen LogP contribution is -2.53. The zero-order chi connectivity index (χ0) is 17.0. The first-order valence-corrected chi connectivity index (χ1v) is 7.07. The van der Waals surface area contributed by atoms with Gasteiger partial charge in [-0.2, -0.15) is 13.2 Å². The van der Waals surface area contributed by atoms with Crippen molar-refractivity contribution in [3.8, 4) is 0 Å². The van der Waals surface area contributed by atoms with E-state index in [9.17, 15) is 18.0 Å². The highest BCUT2D eigenvalue weighted by Crippen LogP contribution is 2.19. The van der Waals surface area contributed by atoms with Crippen LogP contribution in [0.15, 0.2) is 4.99 Å². The fourth-order valence-electron chi connectivity index (χ4n) is 1.84. The molecule has 1 aliphatic rings. The second kappa shape index (κ2) is 8.78. The highest BCUT2D eigenvalue weighted by molar-refractivity contribution is 14.0. The number of alkyl halides is 3. The number of guanidine groups is 1. The maximum Gasteiger partial charge on any atom is 0.410 e. The third kappa shape index (κ3) is 9.06. The van der Waals surface area contributed by atoms with Gasteiger partial charge in [-0.15, -0.1) is 24.0 Å². The van der Waals surface area contributed by atoms with E-state index in [0.717, 1.165) is 0 Å². The highest BCUT2D eigenvalue weighted by Gasteiger charge is 2.28. The standard InChI is InChI=1S/C13H23F3N4O2.HI/c1-12(2,3)22-11(21)20-8-6-19(7-9-20)10(17)18-5-4-13(14,15)16;/h4-9H2,1-3H3,(H2,17,18);1H. The second-order valence-electron chi connectivity index (χ2n) is 6.06. The molecule has 0 atom stereocenters. The van der Waals surface area contributed by atoms with Crippen molar-refractivity contribution in [2.45, 2.75) is 39.0 Å². The summed E-state index contributed by atoms with van der Waals surface area (Å²) >= 11 is 0. The van der Waals surface area contributed by atoms with Crippen LogP contribution in [-0.2, 0) is 4.74 Å². The van der Waals surface area contributed by atoms with Gasteiger partial charge < -0.3 is 20.3 Å². The fraction of sp³-hybridized carbons (Fsp3) is 0.846. The Bertz CT molecular complexity index is 416. The van der Waals surface area contributed by atoms with Gasteiger partial charge >= 0.3 is 12.3 Å². The number of hydrogen-bond donors (Lipinski definition) is 1. The van der Waals surface area contributed by atoms with Crippen LogP contribution in [0.25, 0.3) is 0 Å². The molecule has 0 radical (unpaired) electrons. The molecular formula is C13H24F3IN4O2. The summed E-state index contributed by atoms with van der Waals surface area (Å²) in [6.07, 6.45) is -5.63. The first kappa shape index (κ1) is 22.1. The van der Waals surface area contributed by atoms with Crippen LogP contribution in [0.1, 0.15) is 27.2 Å². The van der Waals surface area contributed by atoms with Crippen LogP contribution < -0.4 is 5.73 Å². The van der Waals surface area contributed by atoms with Gasteiger partial charge in [0.25, 0.3) is 0 Å². The van der Waals surface area contributed by atoms with Gasteiger partial charge in [0, 0.05) is 26.2 Å². The zero-order valence-electron chi connectivity index (χ0n) is 13.5. The van der Waals surface area contributed by atoms with E-state index in [2.05, 4.69) is 4.99 Å². The van der Waals surface area contributed by atoms with E-state index in [1.165, 1.54) is 0 Å². The average molecular weight is 452 g/mol. The van der Waals surface area contributed by atoms with Crippen LogP contribution in [0.3, 0.4) is 0 Å². The van der Waals surface area contributed by atoms with E-state index in [1.54, 1.807) is 30.6 Å². The molecule has 1 saturated heterocycles. The maximum absolute atomic E-state index is 12.0. The minimum absolute atomic E-state index is 0. The van der Waals surface area contributed by atoms with Gasteiger partial charge in [-0.1, -0.05) is 0 Å². The Balaban J connectivity index is 0.00000484. The number of rotatable bonds is 2. The number of ether oxygens (including phenoxy) is 1. The van der Waals surface area contributed by atoms with Crippen molar-refractivity contribution in [1.29, 1.82) is 0 Å². The third-order valence-electron chi connectivity index (χ3n) is 2.92. The molecule has 23 heavy (non-hydrogen) atoms. The lowest BCUT2D eigenvalue weighted by atomic mass is 10.2. The van der Waals surface area contributed by atoms with E-state index >= 15 is 0 Å². The van der Waals surface area contributed by atoms with Crippen LogP contribution in [0.2, 0.25) is 0 Å². The first-order valence-electron chi connectivity index (χ1n) is 7.07. The zero-order valence-corrected chi connectivity index (χ0v) is 15.9. The average Bonchev–Trinajstić information content (AvgIpc) is 2.35. The number of hydrogen-bond acceptors (Lipinski definition) is 3. The molecule has 0 aromatic carbocycles. The van der Waals surface area contributed by atoms with Crippen LogP contribution in [0.4, 0.5) is 18.0 Å². The molecule has 0 unspecified atom stereocenters. The molecule has 0 bridgehead atoms. The monoisotopic (exact) mass is 452 g/mol. The summed E-state index contributed by atoms with van der Waals surface area (Å²) in [4.78, 5) is 18.8. The summed E-state index contributed by atoms with van der Waals surface area (Å²) in [5.41, 5.74) is 5.11. The van der Waals surface area contributed by atoms with E-state index in [0.29, 0.717) is 26.2 Å². The van der Waals surface area contributed by atoms with Crippen LogP contribution in [-0.4, -0.2) is 66.4 Å². The van der Waals surface area contributed by atoms with E-state index in [4.69, 9.17) is 10.5 Å². The summed E-state index contributed by atoms with van der Waals surface area (Å²) in [5, 5.41) is 0. The molecule has 10 heteroatoms. The van der Waals surface area contributed by atoms with Crippen molar-refractivity contribution in [2.24, 2.45) is 10.7 Å². The molecule has 2 N–H and O–H groups in total. The van der Waals surface area contributed by atoms with Gasteiger partial charge in [0.05, 0.1) is 13.0 Å². The summed E-state index contributed by atoms with van der Waals surface area (Å²) < 4.78 is 41.4. The highest BCUT2D eigenvalue weighted by atomic mass is 127. The van der Waals surface area contributed by atoms with Gasteiger partial charge in [-0.25, -0.2) is 4.79 Å². The maximum atomic E-state index is 12.0. The van der Waals surface area contributed by atoms with Crippen LogP contribution in [0, 0.1) is 0 Å². The summed E-state index contributed by atoms with van der Waals surface area (Å²) in [5.74, 6) is 0.0769. The van der Waals surface area contributed by atoms with Crippen LogP contribution in [0.5, 0.6) is 0 Å². The molecule has 1 rings (SSSR count). The fourth-order valence-corrected chi connectivity index (χ4v) is 1.84. The molecule has 6 nitrogen and oxygen atoms in total. The third-order valence-corrected chi connectivity index (χ3v) is 2.92. The molecule has 1 aliphatic heterocycles.